The van der Waals surface area contributed by atoms with E-state index in [1.165, 1.54) is 0 Å². The Morgan fingerprint density at radius 1 is 1.22 bits per heavy atom. The van der Waals surface area contributed by atoms with Crippen molar-refractivity contribution in [2.45, 2.75) is 31.7 Å². The van der Waals surface area contributed by atoms with E-state index in [2.05, 4.69) is 24.3 Å². The zero-order chi connectivity index (χ0) is 13.6. The van der Waals surface area contributed by atoms with E-state index in [-0.39, 0.29) is 0 Å². The Morgan fingerprint density at radius 3 is 2.33 bits per heavy atom. The SMILES string of the molecule is CNCCCCS(=O)(=O)N1CCC(N(C)C)CC1. The van der Waals surface area contributed by atoms with E-state index in [1.54, 1.807) is 4.31 Å². The highest BCUT2D eigenvalue weighted by molar-refractivity contribution is 7.89. The van der Waals surface area contributed by atoms with E-state index in [0.29, 0.717) is 24.9 Å². The highest BCUT2D eigenvalue weighted by atomic mass is 32.2. The fourth-order valence-corrected chi connectivity index (χ4v) is 3.95. The first-order valence-corrected chi connectivity index (χ1v) is 8.37. The fraction of sp³-hybridized carbons (Fsp3) is 1.00. The molecular formula is C12H27N3O2S. The number of sulfonamides is 1. The van der Waals surface area contributed by atoms with Gasteiger partial charge in [-0.25, -0.2) is 12.7 Å². The molecule has 5 nitrogen and oxygen atoms in total. The van der Waals surface area contributed by atoms with Crippen LogP contribution in [0.5, 0.6) is 0 Å². The normalized spacial score (nSPS) is 19.6. The zero-order valence-electron chi connectivity index (χ0n) is 11.9. The first kappa shape index (κ1) is 15.9. The highest BCUT2D eigenvalue weighted by Crippen LogP contribution is 2.17. The number of rotatable bonds is 7. The number of unbranched alkanes of at least 4 members (excludes halogenated alkanes) is 1. The van der Waals surface area contributed by atoms with Crippen LogP contribution in [0.3, 0.4) is 0 Å². The minimum atomic E-state index is -3.03. The van der Waals surface area contributed by atoms with Crippen LogP contribution >= 0.6 is 0 Å². The number of hydrogen-bond acceptors (Lipinski definition) is 4. The van der Waals surface area contributed by atoms with E-state index < -0.39 is 10.0 Å². The van der Waals surface area contributed by atoms with E-state index in [4.69, 9.17) is 0 Å². The first-order chi connectivity index (χ1) is 8.47. The van der Waals surface area contributed by atoms with Crippen LogP contribution in [0.4, 0.5) is 0 Å². The lowest BCUT2D eigenvalue weighted by atomic mass is 10.1. The van der Waals surface area contributed by atoms with Gasteiger partial charge >= 0.3 is 0 Å². The predicted octanol–water partition coefficient (Wildman–Crippen LogP) is 0.342. The van der Waals surface area contributed by atoms with Gasteiger partial charge in [0, 0.05) is 19.1 Å². The molecule has 1 N–H and O–H groups in total. The van der Waals surface area contributed by atoms with Crippen LogP contribution in [-0.2, 0) is 10.0 Å². The third kappa shape index (κ3) is 4.84. The van der Waals surface area contributed by atoms with Crippen LogP contribution in [0, 0.1) is 0 Å². The number of nitrogens with one attached hydrogen (secondary N) is 1. The molecule has 1 saturated heterocycles. The largest absolute Gasteiger partial charge is 0.320 e. The van der Waals surface area contributed by atoms with Crippen molar-refractivity contribution in [3.63, 3.8) is 0 Å². The Hall–Kier alpha value is -0.170. The van der Waals surface area contributed by atoms with Crippen LogP contribution in [0.25, 0.3) is 0 Å². The quantitative estimate of drug-likeness (QED) is 0.682. The van der Waals surface area contributed by atoms with Gasteiger partial charge in [0.1, 0.15) is 0 Å². The van der Waals surface area contributed by atoms with Crippen molar-refractivity contribution in [3.8, 4) is 0 Å². The maximum atomic E-state index is 12.1. The van der Waals surface area contributed by atoms with Crippen molar-refractivity contribution in [2.24, 2.45) is 0 Å². The Kier molecular flexibility index (Phi) is 6.55. The summed E-state index contributed by atoms with van der Waals surface area (Å²) in [5.41, 5.74) is 0. The number of nitrogens with zero attached hydrogens (tertiary/aromatic N) is 2. The molecule has 0 atom stereocenters. The Balaban J connectivity index is 2.36. The third-order valence-corrected chi connectivity index (χ3v) is 5.58. The molecule has 0 spiro atoms. The van der Waals surface area contributed by atoms with Gasteiger partial charge in [-0.3, -0.25) is 0 Å². The maximum absolute atomic E-state index is 12.1. The van der Waals surface area contributed by atoms with Crippen LogP contribution in [0.2, 0.25) is 0 Å². The van der Waals surface area contributed by atoms with Crippen molar-refractivity contribution in [1.82, 2.24) is 14.5 Å². The Bertz CT molecular complexity index is 322. The third-order valence-electron chi connectivity index (χ3n) is 3.63. The van der Waals surface area contributed by atoms with Crippen molar-refractivity contribution in [1.29, 1.82) is 0 Å². The van der Waals surface area contributed by atoms with Crippen molar-refractivity contribution < 1.29 is 8.42 Å². The molecule has 0 saturated carbocycles. The fourth-order valence-electron chi connectivity index (χ4n) is 2.35. The molecule has 1 aliphatic rings. The molecular weight excluding hydrogens is 250 g/mol. The van der Waals surface area contributed by atoms with Gasteiger partial charge in [0.2, 0.25) is 10.0 Å². The molecule has 0 amide bonds. The lowest BCUT2D eigenvalue weighted by Crippen LogP contribution is -2.45. The molecule has 0 aromatic heterocycles. The van der Waals surface area contributed by atoms with Gasteiger partial charge in [0.05, 0.1) is 5.75 Å². The average Bonchev–Trinajstić information content (AvgIpc) is 2.35. The maximum Gasteiger partial charge on any atom is 0.214 e. The minimum absolute atomic E-state index is 0.293. The molecule has 18 heavy (non-hydrogen) atoms. The molecule has 0 bridgehead atoms. The first-order valence-electron chi connectivity index (χ1n) is 6.76. The number of piperidine rings is 1. The minimum Gasteiger partial charge on any atom is -0.320 e. The Morgan fingerprint density at radius 2 is 1.83 bits per heavy atom. The van der Waals surface area contributed by atoms with Gasteiger partial charge in [0.15, 0.2) is 0 Å². The van der Waals surface area contributed by atoms with E-state index in [9.17, 15) is 8.42 Å². The zero-order valence-corrected chi connectivity index (χ0v) is 12.7. The molecule has 0 unspecified atom stereocenters. The molecule has 108 valence electrons. The highest BCUT2D eigenvalue weighted by Gasteiger charge is 2.28. The molecule has 6 heteroatoms. The molecule has 0 aromatic rings. The topological polar surface area (TPSA) is 52.7 Å². The molecule has 1 fully saturated rings. The van der Waals surface area contributed by atoms with Crippen molar-refractivity contribution in [2.75, 3.05) is 46.5 Å². The second-order valence-corrected chi connectivity index (χ2v) is 7.31. The molecule has 1 rings (SSSR count). The summed E-state index contributed by atoms with van der Waals surface area (Å²) in [6.07, 6.45) is 3.56. The van der Waals surface area contributed by atoms with Crippen molar-refractivity contribution >= 4 is 10.0 Å². The predicted molar refractivity (Wildman–Crippen MR) is 75.2 cm³/mol. The van der Waals surface area contributed by atoms with Crippen LogP contribution in [0.15, 0.2) is 0 Å². The monoisotopic (exact) mass is 277 g/mol. The van der Waals surface area contributed by atoms with Crippen LogP contribution in [0.1, 0.15) is 25.7 Å². The van der Waals surface area contributed by atoms with E-state index >= 15 is 0 Å². The van der Waals surface area contributed by atoms with Gasteiger partial charge in [-0.05, 0) is 53.4 Å². The van der Waals surface area contributed by atoms with Gasteiger partial charge < -0.3 is 10.2 Å². The van der Waals surface area contributed by atoms with Crippen LogP contribution in [-0.4, -0.2) is 70.2 Å². The Labute approximate surface area is 112 Å². The lowest BCUT2D eigenvalue weighted by molar-refractivity contribution is 0.196. The van der Waals surface area contributed by atoms with Gasteiger partial charge in [-0.15, -0.1) is 0 Å². The summed E-state index contributed by atoms with van der Waals surface area (Å²) in [5.74, 6) is 0.293. The summed E-state index contributed by atoms with van der Waals surface area (Å²) in [4.78, 5) is 2.19. The summed E-state index contributed by atoms with van der Waals surface area (Å²) in [5, 5.41) is 3.04. The molecule has 0 radical (unpaired) electrons. The molecule has 1 heterocycles. The second kappa shape index (κ2) is 7.43. The lowest BCUT2D eigenvalue weighted by Gasteiger charge is -2.34. The summed E-state index contributed by atoms with van der Waals surface area (Å²) >= 11 is 0. The second-order valence-electron chi connectivity index (χ2n) is 5.22. The van der Waals surface area contributed by atoms with Gasteiger partial charge in [-0.1, -0.05) is 0 Å². The molecule has 0 aliphatic carbocycles. The smallest absolute Gasteiger partial charge is 0.214 e. The van der Waals surface area contributed by atoms with E-state index in [1.807, 2.05) is 7.05 Å². The summed E-state index contributed by atoms with van der Waals surface area (Å²) in [7, 11) is 2.99. The van der Waals surface area contributed by atoms with Gasteiger partial charge in [-0.2, -0.15) is 0 Å². The molecule has 1 aliphatic heterocycles. The number of hydrogen-bond donors (Lipinski definition) is 1. The van der Waals surface area contributed by atoms with E-state index in [0.717, 1.165) is 32.2 Å². The molecule has 0 aromatic carbocycles. The van der Waals surface area contributed by atoms with Crippen molar-refractivity contribution in [3.05, 3.63) is 0 Å². The standard InChI is InChI=1S/C12H27N3O2S/c1-13-8-4-5-11-18(16,17)15-9-6-12(7-10-15)14(2)3/h12-13H,4-11H2,1-3H3. The van der Waals surface area contributed by atoms with Crippen LogP contribution < -0.4 is 5.32 Å². The average molecular weight is 277 g/mol. The summed E-state index contributed by atoms with van der Waals surface area (Å²) in [6, 6.07) is 0.528. The summed E-state index contributed by atoms with van der Waals surface area (Å²) in [6.45, 7) is 2.24. The summed E-state index contributed by atoms with van der Waals surface area (Å²) < 4.78 is 25.9. The van der Waals surface area contributed by atoms with Gasteiger partial charge in [0.25, 0.3) is 0 Å².